The smallest absolute Gasteiger partial charge is 0.255 e. The number of nitrogens with one attached hydrogen (secondary N) is 1. The van der Waals surface area contributed by atoms with Gasteiger partial charge in [-0.1, -0.05) is 35.6 Å². The Morgan fingerprint density at radius 3 is 2.84 bits per heavy atom. The molecule has 0 aliphatic heterocycles. The van der Waals surface area contributed by atoms with Gasteiger partial charge >= 0.3 is 0 Å². The third kappa shape index (κ3) is 4.15. The highest BCUT2D eigenvalue weighted by molar-refractivity contribution is 7.22. The van der Waals surface area contributed by atoms with Crippen LogP contribution in [-0.2, 0) is 16.1 Å². The molecule has 0 fully saturated rings. The van der Waals surface area contributed by atoms with Crippen LogP contribution in [0.3, 0.4) is 0 Å². The van der Waals surface area contributed by atoms with Gasteiger partial charge in [0.1, 0.15) is 11.9 Å². The predicted molar refractivity (Wildman–Crippen MR) is 100 cm³/mol. The van der Waals surface area contributed by atoms with Gasteiger partial charge in [-0.3, -0.25) is 10.1 Å². The fourth-order valence-corrected chi connectivity index (χ4v) is 3.35. The summed E-state index contributed by atoms with van der Waals surface area (Å²) in [4.78, 5) is 16.8. The molecular weight excluding hydrogens is 336 g/mol. The van der Waals surface area contributed by atoms with Gasteiger partial charge in [-0.05, 0) is 43.2 Å². The molecule has 0 radical (unpaired) electrons. The summed E-state index contributed by atoms with van der Waals surface area (Å²) in [7, 11) is 1.62. The molecule has 1 atom stereocenters. The minimum atomic E-state index is -0.584. The first-order chi connectivity index (χ1) is 12.1. The normalized spacial score (nSPS) is 12.1. The lowest BCUT2D eigenvalue weighted by atomic mass is 10.2. The molecule has 3 aromatic rings. The number of methoxy groups -OCH3 is 1. The molecule has 0 saturated carbocycles. The number of para-hydroxylation sites is 1. The second kappa shape index (κ2) is 7.63. The van der Waals surface area contributed by atoms with E-state index >= 15 is 0 Å². The van der Waals surface area contributed by atoms with Crippen LogP contribution in [0.4, 0.5) is 5.13 Å². The van der Waals surface area contributed by atoms with E-state index in [9.17, 15) is 4.79 Å². The van der Waals surface area contributed by atoms with E-state index in [2.05, 4.69) is 10.3 Å². The lowest BCUT2D eigenvalue weighted by Gasteiger charge is -2.12. The molecule has 0 spiro atoms. The van der Waals surface area contributed by atoms with Gasteiger partial charge in [0.25, 0.3) is 5.91 Å². The quantitative estimate of drug-likeness (QED) is 0.720. The molecule has 0 saturated heterocycles. The highest BCUT2D eigenvalue weighted by Crippen LogP contribution is 2.28. The topological polar surface area (TPSA) is 60.5 Å². The van der Waals surface area contributed by atoms with Gasteiger partial charge in [-0.25, -0.2) is 4.98 Å². The predicted octanol–water partition coefficient (Wildman–Crippen LogP) is 4.16. The van der Waals surface area contributed by atoms with Crippen LogP contribution in [0.5, 0.6) is 5.75 Å². The van der Waals surface area contributed by atoms with E-state index in [0.717, 1.165) is 27.1 Å². The monoisotopic (exact) mass is 356 g/mol. The van der Waals surface area contributed by atoms with E-state index in [0.29, 0.717) is 11.7 Å². The van der Waals surface area contributed by atoms with E-state index in [-0.39, 0.29) is 5.91 Å². The van der Waals surface area contributed by atoms with Gasteiger partial charge in [0.15, 0.2) is 5.13 Å². The molecule has 2 aromatic carbocycles. The Kier molecular flexibility index (Phi) is 5.31. The van der Waals surface area contributed by atoms with Crippen LogP contribution in [0.25, 0.3) is 10.2 Å². The number of hydrogen-bond donors (Lipinski definition) is 1. The molecular formula is C19H20N2O3S. The average Bonchev–Trinajstić information content (AvgIpc) is 3.03. The van der Waals surface area contributed by atoms with Crippen molar-refractivity contribution in [2.24, 2.45) is 0 Å². The third-order valence-electron chi connectivity index (χ3n) is 3.85. The first kappa shape index (κ1) is 17.4. The zero-order valence-corrected chi connectivity index (χ0v) is 15.2. The minimum absolute atomic E-state index is 0.209. The number of anilines is 1. The molecule has 1 amide bonds. The maximum Gasteiger partial charge on any atom is 0.255 e. The molecule has 1 aromatic heterocycles. The van der Waals surface area contributed by atoms with Crippen molar-refractivity contribution in [3.8, 4) is 5.75 Å². The Morgan fingerprint density at radius 1 is 1.28 bits per heavy atom. The Morgan fingerprint density at radius 2 is 2.08 bits per heavy atom. The van der Waals surface area contributed by atoms with Gasteiger partial charge in [0.2, 0.25) is 0 Å². The first-order valence-corrected chi connectivity index (χ1v) is 8.80. The van der Waals surface area contributed by atoms with Crippen molar-refractivity contribution in [2.75, 3.05) is 12.4 Å². The number of amides is 1. The summed E-state index contributed by atoms with van der Waals surface area (Å²) in [6.07, 6.45) is -0.584. The lowest BCUT2D eigenvalue weighted by molar-refractivity contribution is -0.127. The number of carbonyl (C=O) groups excluding carboxylic acids is 1. The Hall–Kier alpha value is -2.44. The SMILES string of the molecule is COc1cccc(COC(C)C(=O)Nc2nc3c(C)cccc3s2)c1. The van der Waals surface area contributed by atoms with Gasteiger partial charge in [0.05, 0.1) is 23.9 Å². The van der Waals surface area contributed by atoms with Gasteiger partial charge in [-0.2, -0.15) is 0 Å². The summed E-state index contributed by atoms with van der Waals surface area (Å²) in [5.41, 5.74) is 2.97. The number of carbonyl (C=O) groups is 1. The number of ether oxygens (including phenoxy) is 2. The highest BCUT2D eigenvalue weighted by atomic mass is 32.1. The van der Waals surface area contributed by atoms with E-state index < -0.39 is 6.10 Å². The highest BCUT2D eigenvalue weighted by Gasteiger charge is 2.16. The maximum absolute atomic E-state index is 12.3. The van der Waals surface area contributed by atoms with Crippen molar-refractivity contribution in [3.05, 3.63) is 53.6 Å². The summed E-state index contributed by atoms with van der Waals surface area (Å²) in [6.45, 7) is 4.08. The van der Waals surface area contributed by atoms with Crippen molar-refractivity contribution >= 4 is 32.6 Å². The number of hydrogen-bond acceptors (Lipinski definition) is 5. The van der Waals surface area contributed by atoms with Crippen LogP contribution in [0.1, 0.15) is 18.1 Å². The maximum atomic E-state index is 12.3. The van der Waals surface area contributed by atoms with Crippen molar-refractivity contribution in [2.45, 2.75) is 26.6 Å². The van der Waals surface area contributed by atoms with Crippen LogP contribution in [0.2, 0.25) is 0 Å². The van der Waals surface area contributed by atoms with Crippen LogP contribution in [-0.4, -0.2) is 24.1 Å². The molecule has 0 aliphatic carbocycles. The number of aryl methyl sites for hydroxylation is 1. The number of aromatic nitrogens is 1. The molecule has 1 N–H and O–H groups in total. The molecule has 6 heteroatoms. The van der Waals surface area contributed by atoms with Gasteiger partial charge in [0, 0.05) is 0 Å². The molecule has 130 valence electrons. The molecule has 0 aliphatic rings. The van der Waals surface area contributed by atoms with Crippen molar-refractivity contribution in [1.82, 2.24) is 4.98 Å². The molecule has 0 bridgehead atoms. The number of thiazole rings is 1. The van der Waals surface area contributed by atoms with Gasteiger partial charge in [-0.15, -0.1) is 0 Å². The standard InChI is InChI=1S/C19H20N2O3S/c1-12-6-4-9-16-17(12)20-19(25-16)21-18(22)13(2)24-11-14-7-5-8-15(10-14)23-3/h4-10,13H,11H2,1-3H3,(H,20,21,22). The molecule has 3 rings (SSSR count). The van der Waals surface area contributed by atoms with E-state index in [1.807, 2.05) is 49.4 Å². The van der Waals surface area contributed by atoms with Crippen LogP contribution >= 0.6 is 11.3 Å². The Labute approximate surface area is 150 Å². The van der Waals surface area contributed by atoms with E-state index in [4.69, 9.17) is 9.47 Å². The zero-order valence-electron chi connectivity index (χ0n) is 14.4. The number of rotatable bonds is 6. The zero-order chi connectivity index (χ0) is 17.8. The third-order valence-corrected chi connectivity index (χ3v) is 4.79. The number of fused-ring (bicyclic) bond motifs is 1. The minimum Gasteiger partial charge on any atom is -0.497 e. The molecule has 1 heterocycles. The summed E-state index contributed by atoms with van der Waals surface area (Å²) in [5, 5.41) is 3.42. The number of benzene rings is 2. The van der Waals surface area contributed by atoms with Crippen LogP contribution in [0.15, 0.2) is 42.5 Å². The largest absolute Gasteiger partial charge is 0.497 e. The van der Waals surface area contributed by atoms with Crippen molar-refractivity contribution < 1.29 is 14.3 Å². The molecule has 1 unspecified atom stereocenters. The Bertz CT molecular complexity index is 891. The van der Waals surface area contributed by atoms with Crippen LogP contribution in [0, 0.1) is 6.92 Å². The lowest BCUT2D eigenvalue weighted by Crippen LogP contribution is -2.27. The second-order valence-corrected chi connectivity index (χ2v) is 6.77. The summed E-state index contributed by atoms with van der Waals surface area (Å²) in [5.74, 6) is 0.558. The van der Waals surface area contributed by atoms with E-state index in [1.54, 1.807) is 14.0 Å². The fraction of sp³-hybridized carbons (Fsp3) is 0.263. The fourth-order valence-electron chi connectivity index (χ4n) is 2.41. The summed E-state index contributed by atoms with van der Waals surface area (Å²) >= 11 is 1.46. The van der Waals surface area contributed by atoms with E-state index in [1.165, 1.54) is 11.3 Å². The van der Waals surface area contributed by atoms with Crippen molar-refractivity contribution in [1.29, 1.82) is 0 Å². The van der Waals surface area contributed by atoms with Gasteiger partial charge < -0.3 is 9.47 Å². The van der Waals surface area contributed by atoms with Crippen LogP contribution < -0.4 is 10.1 Å². The summed E-state index contributed by atoms with van der Waals surface area (Å²) in [6, 6.07) is 13.6. The average molecular weight is 356 g/mol. The van der Waals surface area contributed by atoms with Crippen molar-refractivity contribution in [3.63, 3.8) is 0 Å². The Balaban J connectivity index is 1.60. The molecule has 5 nitrogen and oxygen atoms in total. The number of nitrogens with zero attached hydrogens (tertiary/aromatic N) is 1. The molecule has 25 heavy (non-hydrogen) atoms. The second-order valence-electron chi connectivity index (χ2n) is 5.73. The first-order valence-electron chi connectivity index (χ1n) is 7.98. The summed E-state index contributed by atoms with van der Waals surface area (Å²) < 4.78 is 11.9.